The van der Waals surface area contributed by atoms with Gasteiger partial charge < -0.3 is 19.7 Å². The second kappa shape index (κ2) is 8.77. The molecule has 0 bridgehead atoms. The number of carbonyl (C=O) groups is 2. The fourth-order valence-electron chi connectivity index (χ4n) is 2.81. The Kier molecular flexibility index (Phi) is 6.19. The number of thiazole rings is 1. The van der Waals surface area contributed by atoms with E-state index >= 15 is 0 Å². The second-order valence-corrected chi connectivity index (χ2v) is 6.83. The van der Waals surface area contributed by atoms with E-state index in [1.54, 1.807) is 43.0 Å². The van der Waals surface area contributed by atoms with Gasteiger partial charge in [-0.1, -0.05) is 6.07 Å². The molecule has 1 unspecified atom stereocenters. The SMILES string of the molecule is COc1cccc(C(=O)N(CC(=O)Nc2nccs2)CC2CCCO2)c1. The van der Waals surface area contributed by atoms with E-state index in [4.69, 9.17) is 9.47 Å². The van der Waals surface area contributed by atoms with Crippen LogP contribution in [0.1, 0.15) is 23.2 Å². The van der Waals surface area contributed by atoms with Crippen LogP contribution in [0.25, 0.3) is 0 Å². The normalized spacial score (nSPS) is 16.3. The van der Waals surface area contributed by atoms with E-state index in [9.17, 15) is 9.59 Å². The van der Waals surface area contributed by atoms with Crippen molar-refractivity contribution in [1.29, 1.82) is 0 Å². The third kappa shape index (κ3) is 4.80. The molecule has 2 heterocycles. The van der Waals surface area contributed by atoms with Gasteiger partial charge in [-0.25, -0.2) is 4.98 Å². The summed E-state index contributed by atoms with van der Waals surface area (Å²) in [5.41, 5.74) is 0.476. The molecule has 1 N–H and O–H groups in total. The van der Waals surface area contributed by atoms with Crippen molar-refractivity contribution < 1.29 is 19.1 Å². The molecular formula is C18H21N3O4S. The summed E-state index contributed by atoms with van der Waals surface area (Å²) in [6.45, 7) is 1.01. The van der Waals surface area contributed by atoms with E-state index in [1.807, 2.05) is 0 Å². The van der Waals surface area contributed by atoms with Crippen LogP contribution in [-0.4, -0.2) is 54.6 Å². The Labute approximate surface area is 155 Å². The molecule has 8 heteroatoms. The van der Waals surface area contributed by atoms with Crippen molar-refractivity contribution in [2.24, 2.45) is 0 Å². The van der Waals surface area contributed by atoms with Crippen LogP contribution in [0, 0.1) is 0 Å². The molecular weight excluding hydrogens is 354 g/mol. The zero-order chi connectivity index (χ0) is 18.4. The van der Waals surface area contributed by atoms with Gasteiger partial charge in [0.25, 0.3) is 5.91 Å². The second-order valence-electron chi connectivity index (χ2n) is 5.94. The first-order valence-electron chi connectivity index (χ1n) is 8.40. The fourth-order valence-corrected chi connectivity index (χ4v) is 3.35. The van der Waals surface area contributed by atoms with Crippen molar-refractivity contribution in [3.63, 3.8) is 0 Å². The molecule has 1 aliphatic rings. The van der Waals surface area contributed by atoms with Gasteiger partial charge in [-0.15, -0.1) is 11.3 Å². The van der Waals surface area contributed by atoms with E-state index in [0.717, 1.165) is 12.8 Å². The molecule has 1 fully saturated rings. The van der Waals surface area contributed by atoms with E-state index in [1.165, 1.54) is 16.2 Å². The number of benzene rings is 1. The number of hydrogen-bond donors (Lipinski definition) is 1. The number of methoxy groups -OCH3 is 1. The summed E-state index contributed by atoms with van der Waals surface area (Å²) in [5, 5.41) is 5.01. The minimum absolute atomic E-state index is 0.0442. The minimum Gasteiger partial charge on any atom is -0.497 e. The first kappa shape index (κ1) is 18.3. The number of anilines is 1. The van der Waals surface area contributed by atoms with Gasteiger partial charge in [0, 0.05) is 30.3 Å². The average molecular weight is 375 g/mol. The van der Waals surface area contributed by atoms with Crippen molar-refractivity contribution >= 4 is 28.3 Å². The largest absolute Gasteiger partial charge is 0.497 e. The van der Waals surface area contributed by atoms with E-state index in [0.29, 0.717) is 29.6 Å². The number of hydrogen-bond acceptors (Lipinski definition) is 6. The van der Waals surface area contributed by atoms with Crippen LogP contribution in [0.3, 0.4) is 0 Å². The van der Waals surface area contributed by atoms with Crippen LogP contribution in [0.15, 0.2) is 35.8 Å². The molecule has 2 amide bonds. The highest BCUT2D eigenvalue weighted by Crippen LogP contribution is 2.18. The van der Waals surface area contributed by atoms with Crippen LogP contribution in [0.4, 0.5) is 5.13 Å². The Morgan fingerprint density at radius 1 is 1.46 bits per heavy atom. The number of ether oxygens (including phenoxy) is 2. The Morgan fingerprint density at radius 2 is 2.35 bits per heavy atom. The van der Waals surface area contributed by atoms with E-state index in [-0.39, 0.29) is 24.5 Å². The third-order valence-corrected chi connectivity index (χ3v) is 4.75. The molecule has 0 aliphatic carbocycles. The quantitative estimate of drug-likeness (QED) is 0.804. The Hall–Kier alpha value is -2.45. The van der Waals surface area contributed by atoms with Crippen LogP contribution in [0.2, 0.25) is 0 Å². The zero-order valence-corrected chi connectivity index (χ0v) is 15.3. The van der Waals surface area contributed by atoms with E-state index in [2.05, 4.69) is 10.3 Å². The molecule has 0 saturated carbocycles. The topological polar surface area (TPSA) is 80.8 Å². The lowest BCUT2D eigenvalue weighted by atomic mass is 10.1. The van der Waals surface area contributed by atoms with Crippen molar-refractivity contribution in [1.82, 2.24) is 9.88 Å². The van der Waals surface area contributed by atoms with Crippen molar-refractivity contribution in [3.05, 3.63) is 41.4 Å². The number of rotatable bonds is 7. The number of nitrogens with zero attached hydrogens (tertiary/aromatic N) is 2. The lowest BCUT2D eigenvalue weighted by molar-refractivity contribution is -0.117. The Balaban J connectivity index is 1.72. The molecule has 3 rings (SSSR count). The predicted molar refractivity (Wildman–Crippen MR) is 98.6 cm³/mol. The molecule has 2 aromatic rings. The predicted octanol–water partition coefficient (Wildman–Crippen LogP) is 2.41. The van der Waals surface area contributed by atoms with Gasteiger partial charge in [-0.05, 0) is 31.0 Å². The van der Waals surface area contributed by atoms with Crippen LogP contribution in [0.5, 0.6) is 5.75 Å². The first-order valence-corrected chi connectivity index (χ1v) is 9.28. The highest BCUT2D eigenvalue weighted by molar-refractivity contribution is 7.13. The molecule has 26 heavy (non-hydrogen) atoms. The Morgan fingerprint density at radius 3 is 3.04 bits per heavy atom. The standard InChI is InChI=1S/C18H21N3O4S/c1-24-14-5-2-4-13(10-14)17(23)21(11-15-6-3-8-25-15)12-16(22)20-18-19-7-9-26-18/h2,4-5,7,9-10,15H,3,6,8,11-12H2,1H3,(H,19,20,22). The van der Waals surface area contributed by atoms with Crippen LogP contribution >= 0.6 is 11.3 Å². The van der Waals surface area contributed by atoms with Crippen LogP contribution < -0.4 is 10.1 Å². The lowest BCUT2D eigenvalue weighted by Gasteiger charge is -2.25. The summed E-state index contributed by atoms with van der Waals surface area (Å²) >= 11 is 1.33. The van der Waals surface area contributed by atoms with Crippen molar-refractivity contribution in [2.75, 3.05) is 32.1 Å². The maximum atomic E-state index is 13.0. The summed E-state index contributed by atoms with van der Waals surface area (Å²) < 4.78 is 10.8. The van der Waals surface area contributed by atoms with Gasteiger partial charge in [0.05, 0.1) is 13.2 Å². The zero-order valence-electron chi connectivity index (χ0n) is 14.5. The maximum Gasteiger partial charge on any atom is 0.254 e. The highest BCUT2D eigenvalue weighted by atomic mass is 32.1. The summed E-state index contributed by atoms with van der Waals surface area (Å²) in [5.74, 6) is 0.0861. The monoisotopic (exact) mass is 375 g/mol. The van der Waals surface area contributed by atoms with Gasteiger partial charge in [-0.3, -0.25) is 9.59 Å². The number of carbonyl (C=O) groups excluding carboxylic acids is 2. The smallest absolute Gasteiger partial charge is 0.254 e. The molecule has 1 aromatic carbocycles. The summed E-state index contributed by atoms with van der Waals surface area (Å²) in [6, 6.07) is 6.91. The van der Waals surface area contributed by atoms with Gasteiger partial charge in [-0.2, -0.15) is 0 Å². The third-order valence-electron chi connectivity index (χ3n) is 4.07. The molecule has 138 valence electrons. The summed E-state index contributed by atoms with van der Waals surface area (Å²) in [7, 11) is 1.55. The van der Waals surface area contributed by atoms with E-state index < -0.39 is 0 Å². The minimum atomic E-state index is -0.283. The van der Waals surface area contributed by atoms with Gasteiger partial charge in [0.2, 0.25) is 5.91 Å². The molecule has 1 aromatic heterocycles. The molecule has 1 saturated heterocycles. The average Bonchev–Trinajstić information content (AvgIpc) is 3.34. The molecule has 1 atom stereocenters. The fraction of sp³-hybridized carbons (Fsp3) is 0.389. The number of nitrogens with one attached hydrogen (secondary N) is 1. The first-order chi connectivity index (χ1) is 12.7. The number of aromatic nitrogens is 1. The molecule has 1 aliphatic heterocycles. The van der Waals surface area contributed by atoms with Crippen molar-refractivity contribution in [3.8, 4) is 5.75 Å². The van der Waals surface area contributed by atoms with Crippen LogP contribution in [-0.2, 0) is 9.53 Å². The van der Waals surface area contributed by atoms with Gasteiger partial charge >= 0.3 is 0 Å². The maximum absolute atomic E-state index is 13.0. The summed E-state index contributed by atoms with van der Waals surface area (Å²) in [4.78, 5) is 30.9. The molecule has 0 radical (unpaired) electrons. The number of amides is 2. The van der Waals surface area contributed by atoms with Gasteiger partial charge in [0.15, 0.2) is 5.13 Å². The Bertz CT molecular complexity index is 745. The molecule has 0 spiro atoms. The van der Waals surface area contributed by atoms with Gasteiger partial charge in [0.1, 0.15) is 12.3 Å². The molecule has 7 nitrogen and oxygen atoms in total. The summed E-state index contributed by atoms with van der Waals surface area (Å²) in [6.07, 6.45) is 3.43. The highest BCUT2D eigenvalue weighted by Gasteiger charge is 2.25. The lowest BCUT2D eigenvalue weighted by Crippen LogP contribution is -2.42. The van der Waals surface area contributed by atoms with Crippen molar-refractivity contribution in [2.45, 2.75) is 18.9 Å².